The van der Waals surface area contributed by atoms with Crippen LogP contribution in [0.15, 0.2) is 34.7 Å². The van der Waals surface area contributed by atoms with E-state index in [0.717, 1.165) is 12.7 Å². The molecule has 2 aromatic heterocycles. The second kappa shape index (κ2) is 11.1. The van der Waals surface area contributed by atoms with Crippen LogP contribution in [0.2, 0.25) is 0 Å². The molecular formula is C28H35FN4O6S. The zero-order valence-electron chi connectivity index (χ0n) is 23.6. The Morgan fingerprint density at radius 3 is 2.52 bits per heavy atom. The summed E-state index contributed by atoms with van der Waals surface area (Å²) in [6.45, 7) is 8.10. The van der Waals surface area contributed by atoms with Crippen LogP contribution < -0.4 is 9.62 Å². The zero-order chi connectivity index (χ0) is 29.4. The molecule has 216 valence electrons. The van der Waals surface area contributed by atoms with E-state index >= 15 is 0 Å². The number of pyridine rings is 1. The molecule has 0 radical (unpaired) electrons. The van der Waals surface area contributed by atoms with Crippen LogP contribution in [0.5, 0.6) is 0 Å². The smallest absolute Gasteiger partial charge is 0.410 e. The van der Waals surface area contributed by atoms with Crippen LogP contribution in [-0.2, 0) is 14.8 Å². The molecule has 1 unspecified atom stereocenters. The van der Waals surface area contributed by atoms with Crippen LogP contribution in [0.25, 0.3) is 22.4 Å². The molecule has 12 heteroatoms. The number of carbonyl (C=O) groups excluding carboxylic acids is 2. The summed E-state index contributed by atoms with van der Waals surface area (Å²) in [6.07, 6.45) is 2.11. The highest BCUT2D eigenvalue weighted by molar-refractivity contribution is 7.92. The van der Waals surface area contributed by atoms with Crippen molar-refractivity contribution < 1.29 is 31.6 Å². The highest BCUT2D eigenvalue weighted by Gasteiger charge is 2.32. The van der Waals surface area contributed by atoms with Gasteiger partial charge in [0.05, 0.1) is 17.2 Å². The van der Waals surface area contributed by atoms with E-state index in [1.165, 1.54) is 35.6 Å². The molecule has 10 nitrogen and oxygen atoms in total. The topological polar surface area (TPSA) is 122 Å². The molecule has 3 heterocycles. The maximum atomic E-state index is 13.6. The number of hydrogen-bond donors (Lipinski definition) is 1. The number of aromatic nitrogens is 1. The molecule has 0 saturated carbocycles. The van der Waals surface area contributed by atoms with E-state index < -0.39 is 33.4 Å². The Kier molecular flexibility index (Phi) is 8.11. The Morgan fingerprint density at radius 1 is 1.25 bits per heavy atom. The van der Waals surface area contributed by atoms with E-state index in [1.54, 1.807) is 38.7 Å². The van der Waals surface area contributed by atoms with E-state index in [2.05, 4.69) is 10.3 Å². The van der Waals surface area contributed by atoms with Gasteiger partial charge in [-0.05, 0) is 82.3 Å². The summed E-state index contributed by atoms with van der Waals surface area (Å²) < 4.78 is 52.4. The Balaban J connectivity index is 1.72. The minimum atomic E-state index is -3.78. The number of anilines is 1. The van der Waals surface area contributed by atoms with Crippen molar-refractivity contribution in [3.63, 3.8) is 0 Å². The number of rotatable bonds is 6. The van der Waals surface area contributed by atoms with Crippen LogP contribution in [0.4, 0.5) is 15.0 Å². The number of nitrogens with one attached hydrogen (secondary N) is 1. The van der Waals surface area contributed by atoms with E-state index in [1.807, 2.05) is 0 Å². The van der Waals surface area contributed by atoms with Gasteiger partial charge in [-0.25, -0.2) is 17.6 Å². The van der Waals surface area contributed by atoms with Gasteiger partial charge < -0.3 is 19.4 Å². The predicted molar refractivity (Wildman–Crippen MR) is 150 cm³/mol. The van der Waals surface area contributed by atoms with Crippen LogP contribution in [-0.4, -0.2) is 68.8 Å². The van der Waals surface area contributed by atoms with Crippen molar-refractivity contribution in [3.8, 4) is 11.3 Å². The summed E-state index contributed by atoms with van der Waals surface area (Å²) in [7, 11) is -2.30. The van der Waals surface area contributed by atoms with Crippen LogP contribution in [0, 0.1) is 18.7 Å². The van der Waals surface area contributed by atoms with Gasteiger partial charge in [0.1, 0.15) is 23.0 Å². The first kappa shape index (κ1) is 29.3. The Hall–Kier alpha value is -3.67. The largest absolute Gasteiger partial charge is 0.444 e. The number of furan rings is 1. The highest BCUT2D eigenvalue weighted by Crippen LogP contribution is 2.36. The van der Waals surface area contributed by atoms with Crippen molar-refractivity contribution in [2.24, 2.45) is 5.92 Å². The number of hydrogen-bond acceptors (Lipinski definition) is 7. The predicted octanol–water partition coefficient (Wildman–Crippen LogP) is 4.72. The monoisotopic (exact) mass is 574 g/mol. The van der Waals surface area contributed by atoms with Crippen molar-refractivity contribution in [1.29, 1.82) is 0 Å². The quantitative estimate of drug-likeness (QED) is 0.452. The SMILES string of the molecule is CNC(=O)c1c(-c2ccc(F)cc2)oc2nc(N(CC3CCCN(C(=O)OC(C)(C)C)C3)S(C)(=O)=O)c(C)cc12. The minimum Gasteiger partial charge on any atom is -0.444 e. The fourth-order valence-electron chi connectivity index (χ4n) is 4.84. The van der Waals surface area contributed by atoms with E-state index in [-0.39, 0.29) is 35.3 Å². The summed E-state index contributed by atoms with van der Waals surface area (Å²) in [5, 5.41) is 3.00. The first-order valence-corrected chi connectivity index (χ1v) is 14.9. The molecular weight excluding hydrogens is 539 g/mol. The first-order valence-electron chi connectivity index (χ1n) is 13.1. The van der Waals surface area contributed by atoms with Crippen molar-refractivity contribution in [2.75, 3.05) is 37.2 Å². The third kappa shape index (κ3) is 6.38. The zero-order valence-corrected chi connectivity index (χ0v) is 24.4. The van der Waals surface area contributed by atoms with Crippen molar-refractivity contribution in [1.82, 2.24) is 15.2 Å². The molecule has 0 aliphatic carbocycles. The fourth-order valence-corrected chi connectivity index (χ4v) is 5.82. The Morgan fingerprint density at radius 2 is 1.93 bits per heavy atom. The molecule has 0 spiro atoms. The summed E-state index contributed by atoms with van der Waals surface area (Å²) >= 11 is 0. The van der Waals surface area contributed by atoms with E-state index in [0.29, 0.717) is 36.0 Å². The number of sulfonamides is 1. The van der Waals surface area contributed by atoms with Crippen LogP contribution in [0.3, 0.4) is 0 Å². The van der Waals surface area contributed by atoms with Crippen molar-refractivity contribution >= 4 is 38.9 Å². The molecule has 1 atom stereocenters. The Bertz CT molecular complexity index is 1530. The first-order chi connectivity index (χ1) is 18.7. The average Bonchev–Trinajstić information content (AvgIpc) is 3.23. The van der Waals surface area contributed by atoms with Gasteiger partial charge in [0.25, 0.3) is 5.91 Å². The third-order valence-corrected chi connectivity index (χ3v) is 7.76. The molecule has 1 aromatic carbocycles. The molecule has 1 aliphatic rings. The highest BCUT2D eigenvalue weighted by atomic mass is 32.2. The van der Waals surface area contributed by atoms with Gasteiger partial charge in [-0.1, -0.05) is 0 Å². The average molecular weight is 575 g/mol. The number of piperidine rings is 1. The summed E-state index contributed by atoms with van der Waals surface area (Å²) in [5.74, 6) is -0.636. The maximum absolute atomic E-state index is 13.6. The number of likely N-dealkylation sites (tertiary alicyclic amines) is 1. The minimum absolute atomic E-state index is 0.0752. The molecule has 1 fully saturated rings. The van der Waals surface area contributed by atoms with Crippen LogP contribution in [0.1, 0.15) is 49.5 Å². The number of halogens is 1. The second-order valence-corrected chi connectivity index (χ2v) is 13.0. The van der Waals surface area contributed by atoms with Gasteiger partial charge in [0.15, 0.2) is 0 Å². The summed E-state index contributed by atoms with van der Waals surface area (Å²) in [5.41, 5.74) is 0.655. The lowest BCUT2D eigenvalue weighted by Crippen LogP contribution is -2.46. The van der Waals surface area contributed by atoms with Gasteiger partial charge in [0, 0.05) is 32.2 Å². The molecule has 3 aromatic rings. The lowest BCUT2D eigenvalue weighted by molar-refractivity contribution is 0.0171. The molecule has 40 heavy (non-hydrogen) atoms. The lowest BCUT2D eigenvalue weighted by atomic mass is 9.98. The molecule has 1 aliphatic heterocycles. The second-order valence-electron chi connectivity index (χ2n) is 11.1. The normalized spacial score (nSPS) is 16.2. The fraction of sp³-hybridized carbons (Fsp3) is 0.464. The molecule has 1 saturated heterocycles. The van der Waals surface area contributed by atoms with Gasteiger partial charge >= 0.3 is 6.09 Å². The molecule has 1 N–H and O–H groups in total. The standard InChI is InChI=1S/C28H35FN4O6S/c1-17-14-21-22(25(34)30-5)23(19-9-11-20(29)12-10-19)38-26(21)31-24(17)33(40(6,36)37)16-18-8-7-13-32(15-18)27(35)39-28(2,3)4/h9-12,14,18H,7-8,13,15-16H2,1-6H3,(H,30,34). The summed E-state index contributed by atoms with van der Waals surface area (Å²) in [4.78, 5) is 31.7. The molecule has 4 rings (SSSR count). The summed E-state index contributed by atoms with van der Waals surface area (Å²) in [6, 6.07) is 7.18. The number of amides is 2. The number of carbonyl (C=O) groups is 2. The Labute approximate surface area is 233 Å². The van der Waals surface area contributed by atoms with Gasteiger partial charge in [-0.2, -0.15) is 4.98 Å². The van der Waals surface area contributed by atoms with Gasteiger partial charge in [-0.15, -0.1) is 0 Å². The van der Waals surface area contributed by atoms with E-state index in [9.17, 15) is 22.4 Å². The third-order valence-electron chi connectivity index (χ3n) is 6.64. The molecule has 0 bridgehead atoms. The number of fused-ring (bicyclic) bond motifs is 1. The van der Waals surface area contributed by atoms with Crippen LogP contribution >= 0.6 is 0 Å². The van der Waals surface area contributed by atoms with E-state index in [4.69, 9.17) is 9.15 Å². The number of aryl methyl sites for hydroxylation is 1. The van der Waals surface area contributed by atoms with Crippen molar-refractivity contribution in [3.05, 3.63) is 47.3 Å². The number of benzene rings is 1. The van der Waals surface area contributed by atoms with Crippen molar-refractivity contribution in [2.45, 2.75) is 46.1 Å². The number of ether oxygens (including phenoxy) is 1. The van der Waals surface area contributed by atoms with Gasteiger partial charge in [0.2, 0.25) is 15.7 Å². The maximum Gasteiger partial charge on any atom is 0.410 e. The van der Waals surface area contributed by atoms with Gasteiger partial charge in [-0.3, -0.25) is 9.10 Å². The number of nitrogens with zero attached hydrogens (tertiary/aromatic N) is 3. The lowest BCUT2D eigenvalue weighted by Gasteiger charge is -2.36. The molecule has 2 amide bonds.